The lowest BCUT2D eigenvalue weighted by atomic mass is 9.90. The van der Waals surface area contributed by atoms with Crippen LogP contribution in [0.1, 0.15) is 42.6 Å². The number of rotatable bonds is 5. The van der Waals surface area contributed by atoms with Crippen LogP contribution in [0.4, 0.5) is 0 Å². The van der Waals surface area contributed by atoms with E-state index in [1.54, 1.807) is 0 Å². The fourth-order valence-electron chi connectivity index (χ4n) is 2.14. The summed E-state index contributed by atoms with van der Waals surface area (Å²) in [6, 6.07) is 5.81. The third-order valence-electron chi connectivity index (χ3n) is 3.03. The molecule has 0 fully saturated rings. The number of benzene rings is 1. The quantitative estimate of drug-likeness (QED) is 0.751. The molecule has 2 rings (SSSR count). The minimum Gasteiger partial charge on any atom is -0.491 e. The first kappa shape index (κ1) is 13.1. The average Bonchev–Trinajstić information content (AvgIpc) is 2.35. The Labute approximate surface area is 108 Å². The SMILES string of the molecule is CC(C)OCCOc1ccc2c(c1)C(=O)CCC2. The maximum absolute atomic E-state index is 11.8. The highest BCUT2D eigenvalue weighted by Gasteiger charge is 2.17. The Morgan fingerprint density at radius 2 is 2.06 bits per heavy atom. The number of carbonyl (C=O) groups excluding carboxylic acids is 1. The minimum absolute atomic E-state index is 0.221. The molecule has 0 aliphatic heterocycles. The van der Waals surface area contributed by atoms with Gasteiger partial charge in [-0.2, -0.15) is 0 Å². The number of Topliss-reactive ketones (excluding diaryl/α,β-unsaturated/α-hetero) is 1. The highest BCUT2D eigenvalue weighted by Crippen LogP contribution is 2.25. The number of hydrogen-bond donors (Lipinski definition) is 0. The summed E-state index contributed by atoms with van der Waals surface area (Å²) in [5.41, 5.74) is 1.99. The van der Waals surface area contributed by atoms with Gasteiger partial charge in [0.05, 0.1) is 12.7 Å². The summed E-state index contributed by atoms with van der Waals surface area (Å²) in [5.74, 6) is 0.997. The van der Waals surface area contributed by atoms with Gasteiger partial charge in [0.25, 0.3) is 0 Å². The molecule has 0 N–H and O–H groups in total. The van der Waals surface area contributed by atoms with Gasteiger partial charge in [-0.1, -0.05) is 6.07 Å². The lowest BCUT2D eigenvalue weighted by molar-refractivity contribution is 0.0552. The molecule has 18 heavy (non-hydrogen) atoms. The molecule has 1 aromatic carbocycles. The first-order chi connectivity index (χ1) is 8.66. The molecule has 0 aromatic heterocycles. The van der Waals surface area contributed by atoms with Crippen molar-refractivity contribution in [2.45, 2.75) is 39.2 Å². The van der Waals surface area contributed by atoms with Crippen LogP contribution in [0, 0.1) is 0 Å². The predicted molar refractivity (Wildman–Crippen MR) is 70.3 cm³/mol. The zero-order chi connectivity index (χ0) is 13.0. The topological polar surface area (TPSA) is 35.5 Å². The van der Waals surface area contributed by atoms with Gasteiger partial charge in [0.1, 0.15) is 12.4 Å². The molecule has 0 saturated heterocycles. The van der Waals surface area contributed by atoms with Crippen LogP contribution in [0.5, 0.6) is 5.75 Å². The minimum atomic E-state index is 0.221. The summed E-state index contributed by atoms with van der Waals surface area (Å²) in [6.45, 7) is 5.09. The zero-order valence-electron chi connectivity index (χ0n) is 11.1. The van der Waals surface area contributed by atoms with E-state index in [0.29, 0.717) is 19.6 Å². The summed E-state index contributed by atoms with van der Waals surface area (Å²) in [4.78, 5) is 11.8. The lowest BCUT2D eigenvalue weighted by Crippen LogP contribution is -2.13. The van der Waals surface area contributed by atoms with Gasteiger partial charge in [-0.15, -0.1) is 0 Å². The van der Waals surface area contributed by atoms with Crippen molar-refractivity contribution < 1.29 is 14.3 Å². The lowest BCUT2D eigenvalue weighted by Gasteiger charge is -2.16. The van der Waals surface area contributed by atoms with Gasteiger partial charge in [-0.3, -0.25) is 4.79 Å². The highest BCUT2D eigenvalue weighted by atomic mass is 16.5. The molecule has 0 unspecified atom stereocenters. The largest absolute Gasteiger partial charge is 0.491 e. The van der Waals surface area contributed by atoms with Crippen molar-refractivity contribution in [2.75, 3.05) is 13.2 Å². The van der Waals surface area contributed by atoms with Crippen molar-refractivity contribution >= 4 is 5.78 Å². The van der Waals surface area contributed by atoms with Crippen molar-refractivity contribution in [2.24, 2.45) is 0 Å². The fraction of sp³-hybridized carbons (Fsp3) is 0.533. The Morgan fingerprint density at radius 1 is 1.22 bits per heavy atom. The Bertz CT molecular complexity index is 424. The van der Waals surface area contributed by atoms with Crippen LogP contribution in [0.2, 0.25) is 0 Å². The molecule has 3 nitrogen and oxygen atoms in total. The van der Waals surface area contributed by atoms with Crippen molar-refractivity contribution in [3.05, 3.63) is 29.3 Å². The molecular formula is C15H20O3. The van der Waals surface area contributed by atoms with E-state index in [1.165, 1.54) is 0 Å². The number of hydrogen-bond acceptors (Lipinski definition) is 3. The van der Waals surface area contributed by atoms with Gasteiger partial charge >= 0.3 is 0 Å². The van der Waals surface area contributed by atoms with Crippen LogP contribution in [-0.2, 0) is 11.2 Å². The van der Waals surface area contributed by atoms with E-state index < -0.39 is 0 Å². The smallest absolute Gasteiger partial charge is 0.163 e. The number of ether oxygens (including phenoxy) is 2. The van der Waals surface area contributed by atoms with E-state index in [4.69, 9.17) is 9.47 Å². The van der Waals surface area contributed by atoms with Gasteiger partial charge < -0.3 is 9.47 Å². The second-order valence-corrected chi connectivity index (χ2v) is 4.86. The molecule has 0 bridgehead atoms. The van der Waals surface area contributed by atoms with Gasteiger partial charge in [-0.05, 0) is 44.4 Å². The van der Waals surface area contributed by atoms with E-state index in [9.17, 15) is 4.79 Å². The summed E-state index contributed by atoms with van der Waals surface area (Å²) < 4.78 is 11.0. The molecule has 0 saturated carbocycles. The predicted octanol–water partition coefficient (Wildman–Crippen LogP) is 3.01. The van der Waals surface area contributed by atoms with Crippen LogP contribution in [-0.4, -0.2) is 25.1 Å². The van der Waals surface area contributed by atoms with Crippen LogP contribution in [0.25, 0.3) is 0 Å². The third-order valence-corrected chi connectivity index (χ3v) is 3.03. The number of aryl methyl sites for hydroxylation is 1. The second kappa shape index (κ2) is 6.01. The second-order valence-electron chi connectivity index (χ2n) is 4.86. The van der Waals surface area contributed by atoms with E-state index in [2.05, 4.69) is 0 Å². The third kappa shape index (κ3) is 3.33. The highest BCUT2D eigenvalue weighted by molar-refractivity contribution is 5.98. The van der Waals surface area contributed by atoms with Crippen LogP contribution in [0.15, 0.2) is 18.2 Å². The van der Waals surface area contributed by atoms with E-state index in [1.807, 2.05) is 32.0 Å². The first-order valence-electron chi connectivity index (χ1n) is 6.57. The van der Waals surface area contributed by atoms with Crippen molar-refractivity contribution in [1.29, 1.82) is 0 Å². The van der Waals surface area contributed by atoms with Gasteiger partial charge in [0, 0.05) is 12.0 Å². The molecule has 0 atom stereocenters. The van der Waals surface area contributed by atoms with Crippen LogP contribution in [0.3, 0.4) is 0 Å². The number of carbonyl (C=O) groups is 1. The molecule has 0 amide bonds. The summed E-state index contributed by atoms with van der Waals surface area (Å²) in [7, 11) is 0. The van der Waals surface area contributed by atoms with Crippen molar-refractivity contribution in [3.63, 3.8) is 0 Å². The van der Waals surface area contributed by atoms with Gasteiger partial charge in [0.15, 0.2) is 5.78 Å². The molecule has 0 radical (unpaired) electrons. The summed E-state index contributed by atoms with van der Waals surface area (Å²) in [5, 5.41) is 0. The molecular weight excluding hydrogens is 228 g/mol. The molecule has 0 spiro atoms. The molecule has 1 aliphatic rings. The summed E-state index contributed by atoms with van der Waals surface area (Å²) >= 11 is 0. The standard InChI is InChI=1S/C15H20O3/c1-11(2)17-8-9-18-13-7-6-12-4-3-5-15(16)14(12)10-13/h6-7,10-11H,3-5,8-9H2,1-2H3. The van der Waals surface area contributed by atoms with Crippen molar-refractivity contribution in [3.8, 4) is 5.75 Å². The average molecular weight is 248 g/mol. The Kier molecular flexibility index (Phi) is 4.37. The van der Waals surface area contributed by atoms with E-state index >= 15 is 0 Å². The van der Waals surface area contributed by atoms with Crippen LogP contribution >= 0.6 is 0 Å². The molecule has 1 aromatic rings. The fourth-order valence-corrected chi connectivity index (χ4v) is 2.14. The Balaban J connectivity index is 1.94. The number of ketones is 1. The van der Waals surface area contributed by atoms with Crippen molar-refractivity contribution in [1.82, 2.24) is 0 Å². The van der Waals surface area contributed by atoms with Crippen LogP contribution < -0.4 is 4.74 Å². The maximum atomic E-state index is 11.8. The first-order valence-corrected chi connectivity index (χ1v) is 6.57. The molecule has 98 valence electrons. The monoisotopic (exact) mass is 248 g/mol. The molecule has 3 heteroatoms. The molecule has 0 heterocycles. The zero-order valence-corrected chi connectivity index (χ0v) is 11.1. The Morgan fingerprint density at radius 3 is 2.83 bits per heavy atom. The van der Waals surface area contributed by atoms with E-state index in [0.717, 1.165) is 29.7 Å². The van der Waals surface area contributed by atoms with Gasteiger partial charge in [-0.25, -0.2) is 0 Å². The Hall–Kier alpha value is -1.35. The number of fused-ring (bicyclic) bond motifs is 1. The van der Waals surface area contributed by atoms with E-state index in [-0.39, 0.29) is 11.9 Å². The normalized spacial score (nSPS) is 14.7. The molecule has 1 aliphatic carbocycles. The summed E-state index contributed by atoms with van der Waals surface area (Å²) in [6.07, 6.45) is 2.85. The maximum Gasteiger partial charge on any atom is 0.163 e. The van der Waals surface area contributed by atoms with Gasteiger partial charge in [0.2, 0.25) is 0 Å².